The highest BCUT2D eigenvalue weighted by molar-refractivity contribution is 6.31. The van der Waals surface area contributed by atoms with Crippen molar-refractivity contribution in [1.29, 1.82) is 0 Å². The highest BCUT2D eigenvalue weighted by Gasteiger charge is 2.55. The van der Waals surface area contributed by atoms with E-state index in [9.17, 15) is 0 Å². The van der Waals surface area contributed by atoms with Crippen molar-refractivity contribution in [2.75, 3.05) is 6.54 Å². The Bertz CT molecular complexity index is 472. The summed E-state index contributed by atoms with van der Waals surface area (Å²) in [6, 6.07) is 0.578. The lowest BCUT2D eigenvalue weighted by Crippen LogP contribution is -2.35. The summed E-state index contributed by atoms with van der Waals surface area (Å²) in [5.74, 6) is 2.84. The highest BCUT2D eigenvalue weighted by atomic mass is 35.5. The lowest BCUT2D eigenvalue weighted by Gasteiger charge is -2.20. The second-order valence-electron chi connectivity index (χ2n) is 6.37. The van der Waals surface area contributed by atoms with Crippen LogP contribution >= 0.6 is 11.6 Å². The zero-order valence-electron chi connectivity index (χ0n) is 12.8. The molecule has 2 aliphatic rings. The van der Waals surface area contributed by atoms with E-state index in [1.54, 1.807) is 0 Å². The molecule has 0 bridgehead atoms. The average Bonchev–Trinajstić information content (AvgIpc) is 2.79. The van der Waals surface area contributed by atoms with Crippen molar-refractivity contribution in [1.82, 2.24) is 15.1 Å². The van der Waals surface area contributed by atoms with Gasteiger partial charge in [-0.3, -0.25) is 4.68 Å². The minimum absolute atomic E-state index is 0.578. The lowest BCUT2D eigenvalue weighted by atomic mass is 9.99. The Hall–Kier alpha value is -0.540. The molecule has 1 aromatic rings. The average molecular weight is 296 g/mol. The predicted octanol–water partition coefficient (Wildman–Crippen LogP) is 3.43. The Kier molecular flexibility index (Phi) is 4.09. The number of fused-ring (bicyclic) bond motifs is 1. The van der Waals surface area contributed by atoms with Gasteiger partial charge >= 0.3 is 0 Å². The maximum absolute atomic E-state index is 6.47. The van der Waals surface area contributed by atoms with Crippen molar-refractivity contribution in [2.24, 2.45) is 17.8 Å². The van der Waals surface area contributed by atoms with E-state index in [-0.39, 0.29) is 0 Å². The second kappa shape index (κ2) is 5.69. The smallest absolute Gasteiger partial charge is 0.0847 e. The number of rotatable bonds is 6. The van der Waals surface area contributed by atoms with Crippen molar-refractivity contribution in [2.45, 2.75) is 59.0 Å². The number of halogens is 1. The monoisotopic (exact) mass is 295 g/mol. The Labute approximate surface area is 127 Å². The number of aryl methyl sites for hydroxylation is 2. The molecule has 0 aromatic carbocycles. The Morgan fingerprint density at radius 2 is 2.05 bits per heavy atom. The van der Waals surface area contributed by atoms with E-state index in [0.29, 0.717) is 6.04 Å². The van der Waals surface area contributed by atoms with Crippen LogP contribution in [0.1, 0.15) is 44.5 Å². The number of nitrogens with one attached hydrogen (secondary N) is 1. The number of aromatic nitrogens is 2. The molecule has 112 valence electrons. The first-order chi connectivity index (χ1) is 9.67. The van der Waals surface area contributed by atoms with Crippen molar-refractivity contribution in [3.8, 4) is 0 Å². The van der Waals surface area contributed by atoms with Crippen LogP contribution in [0.5, 0.6) is 0 Å². The van der Waals surface area contributed by atoms with E-state index in [1.165, 1.54) is 25.0 Å². The van der Waals surface area contributed by atoms with E-state index in [0.717, 1.165) is 48.0 Å². The lowest BCUT2D eigenvalue weighted by molar-refractivity contribution is 0.401. The van der Waals surface area contributed by atoms with Crippen LogP contribution in [0.15, 0.2) is 0 Å². The van der Waals surface area contributed by atoms with Gasteiger partial charge in [0.25, 0.3) is 0 Å². The van der Waals surface area contributed by atoms with Gasteiger partial charge in [0, 0.05) is 19.0 Å². The van der Waals surface area contributed by atoms with Crippen LogP contribution < -0.4 is 5.32 Å². The Morgan fingerprint density at radius 3 is 2.65 bits per heavy atom. The number of hydrogen-bond donors (Lipinski definition) is 1. The Balaban J connectivity index is 1.77. The third-order valence-corrected chi connectivity index (χ3v) is 5.76. The van der Waals surface area contributed by atoms with Gasteiger partial charge in [-0.1, -0.05) is 24.9 Å². The molecule has 0 aliphatic heterocycles. The molecular weight excluding hydrogens is 270 g/mol. The van der Waals surface area contributed by atoms with Crippen molar-refractivity contribution in [3.63, 3.8) is 0 Å². The summed E-state index contributed by atoms with van der Waals surface area (Å²) in [6.07, 6.45) is 5.35. The highest BCUT2D eigenvalue weighted by Crippen LogP contribution is 2.59. The van der Waals surface area contributed by atoms with E-state index in [2.05, 4.69) is 28.9 Å². The molecule has 20 heavy (non-hydrogen) atoms. The van der Waals surface area contributed by atoms with Gasteiger partial charge in [-0.2, -0.15) is 5.10 Å². The van der Waals surface area contributed by atoms with Gasteiger partial charge in [-0.05, 0) is 51.0 Å². The normalized spacial score (nSPS) is 29.5. The van der Waals surface area contributed by atoms with Crippen molar-refractivity contribution < 1.29 is 0 Å². The third kappa shape index (κ3) is 2.39. The number of likely N-dealkylation sites (N-methyl/N-ethyl adjacent to an activating group) is 1. The first-order valence-electron chi connectivity index (χ1n) is 8.12. The van der Waals surface area contributed by atoms with Crippen LogP contribution in [0.4, 0.5) is 0 Å². The van der Waals surface area contributed by atoms with Gasteiger partial charge in [0.1, 0.15) is 0 Å². The van der Waals surface area contributed by atoms with Gasteiger partial charge < -0.3 is 5.32 Å². The number of nitrogens with zero attached hydrogens (tertiary/aromatic N) is 2. The molecule has 1 aromatic heterocycles. The summed E-state index contributed by atoms with van der Waals surface area (Å²) < 4.78 is 2.08. The SMILES string of the molecule is CCNC(Cc1c(Cl)c(C)nn1CC)C1C2CCCC21. The van der Waals surface area contributed by atoms with Crippen molar-refractivity contribution >= 4 is 11.6 Å². The maximum atomic E-state index is 6.47. The Morgan fingerprint density at radius 1 is 1.35 bits per heavy atom. The summed E-state index contributed by atoms with van der Waals surface area (Å²) >= 11 is 6.47. The van der Waals surface area contributed by atoms with E-state index in [4.69, 9.17) is 11.6 Å². The number of hydrogen-bond acceptors (Lipinski definition) is 2. The molecule has 0 saturated heterocycles. The molecule has 0 amide bonds. The largest absolute Gasteiger partial charge is 0.314 e. The molecule has 1 heterocycles. The molecule has 1 N–H and O–H groups in total. The molecule has 0 radical (unpaired) electrons. The predicted molar refractivity (Wildman–Crippen MR) is 83.1 cm³/mol. The fraction of sp³-hybridized carbons (Fsp3) is 0.812. The molecule has 3 atom stereocenters. The van der Waals surface area contributed by atoms with Crippen LogP contribution in [-0.2, 0) is 13.0 Å². The zero-order valence-corrected chi connectivity index (χ0v) is 13.6. The fourth-order valence-corrected chi connectivity index (χ4v) is 4.57. The van der Waals surface area contributed by atoms with Crippen LogP contribution in [0, 0.1) is 24.7 Å². The molecule has 0 spiro atoms. The minimum atomic E-state index is 0.578. The topological polar surface area (TPSA) is 29.9 Å². The van der Waals surface area contributed by atoms with Crippen LogP contribution in [0.2, 0.25) is 5.02 Å². The van der Waals surface area contributed by atoms with Gasteiger partial charge in [-0.15, -0.1) is 0 Å². The molecular formula is C16H26ClN3. The summed E-state index contributed by atoms with van der Waals surface area (Å²) in [7, 11) is 0. The molecule has 2 aliphatic carbocycles. The van der Waals surface area contributed by atoms with E-state index < -0.39 is 0 Å². The maximum Gasteiger partial charge on any atom is 0.0847 e. The molecule has 3 rings (SSSR count). The zero-order chi connectivity index (χ0) is 14.3. The molecule has 2 fully saturated rings. The van der Waals surface area contributed by atoms with Gasteiger partial charge in [-0.25, -0.2) is 0 Å². The van der Waals surface area contributed by atoms with Gasteiger partial charge in [0.05, 0.1) is 16.4 Å². The standard InChI is InChI=1S/C16H26ClN3/c1-4-18-13(15-11-7-6-8-12(11)15)9-14-16(17)10(3)19-20(14)5-2/h11-13,15,18H,4-9H2,1-3H3. The van der Waals surface area contributed by atoms with Crippen molar-refractivity contribution in [3.05, 3.63) is 16.4 Å². The van der Waals surface area contributed by atoms with Crippen LogP contribution in [0.3, 0.4) is 0 Å². The summed E-state index contributed by atoms with van der Waals surface area (Å²) in [6.45, 7) is 8.29. The van der Waals surface area contributed by atoms with Gasteiger partial charge in [0.2, 0.25) is 0 Å². The second-order valence-corrected chi connectivity index (χ2v) is 6.74. The molecule has 3 nitrogen and oxygen atoms in total. The van der Waals surface area contributed by atoms with E-state index >= 15 is 0 Å². The third-order valence-electron chi connectivity index (χ3n) is 5.27. The first-order valence-corrected chi connectivity index (χ1v) is 8.50. The first kappa shape index (κ1) is 14.4. The molecule has 2 saturated carbocycles. The quantitative estimate of drug-likeness (QED) is 0.871. The summed E-state index contributed by atoms with van der Waals surface area (Å²) in [5, 5.41) is 9.14. The van der Waals surface area contributed by atoms with Crippen LogP contribution in [-0.4, -0.2) is 22.4 Å². The summed E-state index contributed by atoms with van der Waals surface area (Å²) in [5.41, 5.74) is 2.19. The van der Waals surface area contributed by atoms with Crippen LogP contribution in [0.25, 0.3) is 0 Å². The van der Waals surface area contributed by atoms with Gasteiger partial charge in [0.15, 0.2) is 0 Å². The minimum Gasteiger partial charge on any atom is -0.314 e. The molecule has 3 unspecified atom stereocenters. The van der Waals surface area contributed by atoms with E-state index in [1.807, 2.05) is 6.92 Å². The fourth-order valence-electron chi connectivity index (χ4n) is 4.35. The molecule has 4 heteroatoms. The summed E-state index contributed by atoms with van der Waals surface area (Å²) in [4.78, 5) is 0.